The Morgan fingerprint density at radius 2 is 1.72 bits per heavy atom. The Hall–Kier alpha value is -2.86. The molecular formula is C16H17F5N5O3+. The number of hydrogen-bond acceptors (Lipinski definition) is 5. The third-order valence-corrected chi connectivity index (χ3v) is 4.60. The average molecular weight is 422 g/mol. The van der Waals surface area contributed by atoms with Gasteiger partial charge >= 0.3 is 24.2 Å². The number of urea groups is 1. The zero-order valence-electron chi connectivity index (χ0n) is 14.9. The largest absolute Gasteiger partial charge is 0.643 e. The molecule has 1 aliphatic carbocycles. The van der Waals surface area contributed by atoms with E-state index in [0.29, 0.717) is 25.7 Å². The zero-order valence-corrected chi connectivity index (χ0v) is 14.9. The molecule has 0 atom stereocenters. The zero-order chi connectivity index (χ0) is 21.6. The number of aromatic nitrogens is 2. The van der Waals surface area contributed by atoms with Crippen molar-refractivity contribution < 1.29 is 36.6 Å². The number of amides is 3. The maximum atomic E-state index is 13.9. The number of carbonyl (C=O) groups is 2. The van der Waals surface area contributed by atoms with Crippen LogP contribution < -0.4 is 0 Å². The highest BCUT2D eigenvalue weighted by molar-refractivity contribution is 6.14. The molecule has 1 aromatic rings. The van der Waals surface area contributed by atoms with Crippen LogP contribution in [-0.4, -0.2) is 62.1 Å². The Labute approximate surface area is 160 Å². The fraction of sp³-hybridized carbons (Fsp3) is 0.562. The van der Waals surface area contributed by atoms with Crippen LogP contribution in [0.4, 0.5) is 31.5 Å². The molecule has 1 saturated carbocycles. The summed E-state index contributed by atoms with van der Waals surface area (Å²) in [6, 6.07) is -0.794. The molecule has 3 N–H and O–H groups in total. The molecule has 2 fully saturated rings. The lowest BCUT2D eigenvalue weighted by Crippen LogP contribution is -2.48. The average Bonchev–Trinajstić information content (AvgIpc) is 3.34. The van der Waals surface area contributed by atoms with E-state index in [-0.39, 0.29) is 29.9 Å². The molecule has 0 bridgehead atoms. The van der Waals surface area contributed by atoms with Gasteiger partial charge in [-0.15, -0.1) is 4.90 Å². The Bertz CT molecular complexity index is 850. The van der Waals surface area contributed by atoms with Gasteiger partial charge in [0.15, 0.2) is 5.84 Å². The third kappa shape index (κ3) is 3.98. The molecule has 0 unspecified atom stereocenters. The lowest BCUT2D eigenvalue weighted by atomic mass is 10.1. The second kappa shape index (κ2) is 7.19. The number of imide groups is 1. The first-order valence-corrected chi connectivity index (χ1v) is 8.71. The first-order valence-electron chi connectivity index (χ1n) is 8.71. The lowest BCUT2D eigenvalue weighted by molar-refractivity contribution is -0.291. The molecule has 2 aliphatic rings. The molecule has 1 aromatic heterocycles. The highest BCUT2D eigenvalue weighted by Gasteiger charge is 2.60. The van der Waals surface area contributed by atoms with Crippen LogP contribution in [0.15, 0.2) is 6.07 Å². The maximum Gasteiger partial charge on any atom is 0.643 e. The minimum absolute atomic E-state index is 0.0971. The standard InChI is InChI=1S/C16H16F5N5O3/c17-15(18,16(19,20)21)10-7-9(23-12(24-10)8-3-4-8)11(22)26(14(28)29)13(27)25-5-1-2-6-25/h7-8,22H,1-6H2,(H,28,29)/p+1. The number of nitrogens with one attached hydrogen (secondary N) is 1. The summed E-state index contributed by atoms with van der Waals surface area (Å²) >= 11 is 0. The first-order chi connectivity index (χ1) is 13.4. The summed E-state index contributed by atoms with van der Waals surface area (Å²) in [4.78, 5) is 32.6. The first kappa shape index (κ1) is 20.9. The molecule has 3 rings (SSSR count). The Kier molecular flexibility index (Phi) is 5.17. The van der Waals surface area contributed by atoms with Crippen molar-refractivity contribution in [1.29, 1.82) is 5.41 Å². The number of rotatable bonds is 3. The topological polar surface area (TPSA) is 113 Å². The van der Waals surface area contributed by atoms with Gasteiger partial charge in [-0.25, -0.2) is 14.8 Å². The van der Waals surface area contributed by atoms with Crippen LogP contribution in [0.2, 0.25) is 0 Å². The SMILES string of the molecule is N=C(c1cc(C(F)(F)C(F)(F)F)nc(C2CC2)n1)N(C(=O)[OH2+])C(=O)N1CCCC1. The number of amidine groups is 1. The highest BCUT2D eigenvalue weighted by Crippen LogP contribution is 2.45. The van der Waals surface area contributed by atoms with Gasteiger partial charge in [-0.3, -0.25) is 5.41 Å². The lowest BCUT2D eigenvalue weighted by Gasteiger charge is -2.23. The number of nitrogens with zero attached hydrogens (tertiary/aromatic N) is 4. The van der Waals surface area contributed by atoms with Gasteiger partial charge in [0.2, 0.25) is 0 Å². The van der Waals surface area contributed by atoms with Crippen molar-refractivity contribution in [3.63, 3.8) is 0 Å². The van der Waals surface area contributed by atoms with Gasteiger partial charge in [-0.2, -0.15) is 22.0 Å². The third-order valence-electron chi connectivity index (χ3n) is 4.60. The van der Waals surface area contributed by atoms with Gasteiger partial charge in [-0.05, 0) is 31.7 Å². The van der Waals surface area contributed by atoms with Crippen LogP contribution in [0.5, 0.6) is 0 Å². The van der Waals surface area contributed by atoms with Gasteiger partial charge in [0.25, 0.3) is 0 Å². The van der Waals surface area contributed by atoms with Gasteiger partial charge < -0.3 is 10.0 Å². The number of carbonyl (C=O) groups excluding carboxylic acids is 2. The van der Waals surface area contributed by atoms with E-state index in [1.54, 1.807) is 0 Å². The fourth-order valence-corrected chi connectivity index (χ4v) is 2.87. The molecular weight excluding hydrogens is 405 g/mol. The van der Waals surface area contributed by atoms with Crippen molar-refractivity contribution in [1.82, 2.24) is 19.8 Å². The summed E-state index contributed by atoms with van der Waals surface area (Å²) in [7, 11) is 0. The molecule has 13 heteroatoms. The van der Waals surface area contributed by atoms with Crippen LogP contribution in [0, 0.1) is 5.41 Å². The van der Waals surface area contributed by atoms with Crippen LogP contribution >= 0.6 is 0 Å². The maximum absolute atomic E-state index is 13.9. The second-order valence-corrected chi connectivity index (χ2v) is 6.81. The number of hydrogen-bond donors (Lipinski definition) is 1. The molecule has 2 heterocycles. The molecule has 3 amide bonds. The Balaban J connectivity index is 2.02. The highest BCUT2D eigenvalue weighted by atomic mass is 19.4. The molecule has 29 heavy (non-hydrogen) atoms. The van der Waals surface area contributed by atoms with E-state index in [2.05, 4.69) is 9.97 Å². The molecule has 1 aliphatic heterocycles. The van der Waals surface area contributed by atoms with Crippen molar-refractivity contribution in [2.75, 3.05) is 13.1 Å². The quantitative estimate of drug-likeness (QED) is 0.349. The second-order valence-electron chi connectivity index (χ2n) is 6.81. The number of halogens is 5. The number of alkyl halides is 5. The normalized spacial score (nSPS) is 17.3. The van der Waals surface area contributed by atoms with E-state index in [1.165, 1.54) is 4.90 Å². The minimum atomic E-state index is -5.93. The van der Waals surface area contributed by atoms with Gasteiger partial charge in [0, 0.05) is 19.0 Å². The van der Waals surface area contributed by atoms with E-state index in [0.717, 1.165) is 0 Å². The van der Waals surface area contributed by atoms with Gasteiger partial charge in [0.05, 0.1) is 4.79 Å². The summed E-state index contributed by atoms with van der Waals surface area (Å²) in [6.07, 6.45) is -5.33. The molecule has 0 radical (unpaired) electrons. The van der Waals surface area contributed by atoms with Crippen LogP contribution in [-0.2, 0) is 5.92 Å². The summed E-state index contributed by atoms with van der Waals surface area (Å²) in [5.74, 6) is -7.13. The van der Waals surface area contributed by atoms with Crippen molar-refractivity contribution in [2.45, 2.75) is 43.7 Å². The van der Waals surface area contributed by atoms with Crippen LogP contribution in [0.3, 0.4) is 0 Å². The van der Waals surface area contributed by atoms with E-state index in [1.807, 2.05) is 0 Å². The van der Waals surface area contributed by atoms with Crippen LogP contribution in [0.1, 0.15) is 48.8 Å². The Morgan fingerprint density at radius 1 is 1.14 bits per heavy atom. The van der Waals surface area contributed by atoms with E-state index < -0.39 is 47.4 Å². The molecule has 158 valence electrons. The summed E-state index contributed by atoms with van der Waals surface area (Å²) < 4.78 is 66.1. The monoisotopic (exact) mass is 422 g/mol. The smallest absolute Gasteiger partial charge is 0.546 e. The predicted molar refractivity (Wildman–Crippen MR) is 87.8 cm³/mol. The minimum Gasteiger partial charge on any atom is -0.546 e. The molecule has 0 spiro atoms. The fourth-order valence-electron chi connectivity index (χ4n) is 2.87. The molecule has 0 aromatic carbocycles. The van der Waals surface area contributed by atoms with Crippen molar-refractivity contribution in [2.24, 2.45) is 0 Å². The summed E-state index contributed by atoms with van der Waals surface area (Å²) in [6.45, 7) is 0.536. The Morgan fingerprint density at radius 3 is 2.21 bits per heavy atom. The predicted octanol–water partition coefficient (Wildman–Crippen LogP) is 2.70. The van der Waals surface area contributed by atoms with Crippen molar-refractivity contribution >= 4 is 18.0 Å². The molecule has 1 saturated heterocycles. The summed E-state index contributed by atoms with van der Waals surface area (Å²) in [5.41, 5.74) is -2.43. The van der Waals surface area contributed by atoms with Gasteiger partial charge in [-0.1, -0.05) is 0 Å². The van der Waals surface area contributed by atoms with Crippen molar-refractivity contribution in [3.8, 4) is 0 Å². The molecule has 8 nitrogen and oxygen atoms in total. The summed E-state index contributed by atoms with van der Waals surface area (Å²) in [5, 5.41) is 15.3. The number of likely N-dealkylation sites (tertiary alicyclic amines) is 1. The van der Waals surface area contributed by atoms with Gasteiger partial charge in [0.1, 0.15) is 17.2 Å². The van der Waals surface area contributed by atoms with Crippen LogP contribution in [0.25, 0.3) is 0 Å². The van der Waals surface area contributed by atoms with Crippen molar-refractivity contribution in [3.05, 3.63) is 23.3 Å². The van der Waals surface area contributed by atoms with E-state index in [9.17, 15) is 31.5 Å². The van der Waals surface area contributed by atoms with E-state index in [4.69, 9.17) is 10.5 Å². The van der Waals surface area contributed by atoms with E-state index >= 15 is 0 Å².